The molecule has 2 aromatic rings. The number of benzene rings is 1. The Kier molecular flexibility index (Phi) is 3.26. The highest BCUT2D eigenvalue weighted by Gasteiger charge is 2.71. The van der Waals surface area contributed by atoms with Crippen LogP contribution in [0.5, 0.6) is 5.75 Å². The molecule has 5 N–H and O–H groups in total. The number of epoxide rings is 1. The fraction of sp³-hybridized carbons (Fsp3) is 0.273. The van der Waals surface area contributed by atoms with Gasteiger partial charge in [-0.1, -0.05) is 0 Å². The Morgan fingerprint density at radius 2 is 2.03 bits per heavy atom. The zero-order valence-electron chi connectivity index (χ0n) is 16.1. The third-order valence-corrected chi connectivity index (χ3v) is 6.91. The van der Waals surface area contributed by atoms with E-state index >= 15 is 0 Å². The number of carbonyl (C=O) groups excluding carboxylic acids is 3. The van der Waals surface area contributed by atoms with Crippen LogP contribution in [-0.2, 0) is 20.7 Å². The summed E-state index contributed by atoms with van der Waals surface area (Å²) >= 11 is 0. The number of Topliss-reactive ketones (excluding diaryl/α,β-unsaturated/α-hetero) is 2. The molecule has 1 fully saturated rings. The van der Waals surface area contributed by atoms with E-state index in [4.69, 9.17) is 10.5 Å². The van der Waals surface area contributed by atoms with Crippen molar-refractivity contribution in [2.75, 3.05) is 0 Å². The van der Waals surface area contributed by atoms with Crippen LogP contribution in [0.1, 0.15) is 28.8 Å². The number of phenolic OH excluding ortho intramolecular Hbond substituents is 1. The maximum absolute atomic E-state index is 13.5. The van der Waals surface area contributed by atoms with E-state index in [2.05, 4.69) is 10.2 Å². The van der Waals surface area contributed by atoms with Gasteiger partial charge in [-0.3, -0.25) is 19.5 Å². The van der Waals surface area contributed by atoms with E-state index in [1.54, 1.807) is 18.3 Å². The minimum atomic E-state index is -1.34. The van der Waals surface area contributed by atoms with Gasteiger partial charge in [-0.15, -0.1) is 0 Å². The van der Waals surface area contributed by atoms with Crippen molar-refractivity contribution in [3.8, 4) is 17.0 Å². The highest BCUT2D eigenvalue weighted by Crippen LogP contribution is 2.64. The Morgan fingerprint density at radius 3 is 2.74 bits per heavy atom. The van der Waals surface area contributed by atoms with Crippen LogP contribution < -0.4 is 5.73 Å². The predicted molar refractivity (Wildman–Crippen MR) is 105 cm³/mol. The van der Waals surface area contributed by atoms with Crippen molar-refractivity contribution in [2.24, 2.45) is 17.6 Å². The molecule has 3 atom stereocenters. The molecule has 3 aliphatic carbocycles. The van der Waals surface area contributed by atoms with Crippen molar-refractivity contribution in [3.05, 3.63) is 58.2 Å². The highest BCUT2D eigenvalue weighted by molar-refractivity contribution is 6.21. The summed E-state index contributed by atoms with van der Waals surface area (Å²) in [7, 11) is 0. The number of amides is 1. The van der Waals surface area contributed by atoms with Crippen LogP contribution in [0.3, 0.4) is 0 Å². The Labute approximate surface area is 175 Å². The van der Waals surface area contributed by atoms with Crippen LogP contribution in [0.4, 0.5) is 0 Å². The molecule has 0 saturated carbocycles. The monoisotopic (exact) mass is 419 g/mol. The van der Waals surface area contributed by atoms with Crippen molar-refractivity contribution in [1.82, 2.24) is 10.2 Å². The number of allylic oxidation sites excluding steroid dienone is 1. The number of hydrogen-bond acceptors (Lipinski definition) is 7. The Morgan fingerprint density at radius 1 is 1.23 bits per heavy atom. The summed E-state index contributed by atoms with van der Waals surface area (Å²) in [5.74, 6) is -2.90. The molecule has 0 bridgehead atoms. The van der Waals surface area contributed by atoms with Crippen LogP contribution in [0.2, 0.25) is 0 Å². The summed E-state index contributed by atoms with van der Waals surface area (Å²) in [5.41, 5.74) is 6.28. The average Bonchev–Trinajstić information content (AvgIpc) is 3.23. The van der Waals surface area contributed by atoms with E-state index in [-0.39, 0.29) is 35.2 Å². The number of nitrogens with one attached hydrogen (secondary N) is 1. The number of ether oxygens (including phenoxy) is 1. The fourth-order valence-corrected chi connectivity index (χ4v) is 5.56. The molecule has 9 nitrogen and oxygen atoms in total. The molecule has 2 heterocycles. The number of nitrogens with two attached hydrogens (primary N) is 1. The quantitative estimate of drug-likeness (QED) is 0.423. The number of ketones is 2. The van der Waals surface area contributed by atoms with Crippen LogP contribution >= 0.6 is 0 Å². The Bertz CT molecular complexity index is 1290. The van der Waals surface area contributed by atoms with Gasteiger partial charge in [0.05, 0.1) is 11.3 Å². The number of carbonyl (C=O) groups is 3. The molecule has 156 valence electrons. The summed E-state index contributed by atoms with van der Waals surface area (Å²) in [6.45, 7) is 0. The third kappa shape index (κ3) is 2.10. The lowest BCUT2D eigenvalue weighted by atomic mass is 9.63. The van der Waals surface area contributed by atoms with Gasteiger partial charge >= 0.3 is 0 Å². The van der Waals surface area contributed by atoms with Crippen molar-refractivity contribution < 1.29 is 29.3 Å². The number of nitrogens with zero attached hydrogens (tertiary/aromatic N) is 1. The van der Waals surface area contributed by atoms with E-state index in [0.29, 0.717) is 24.0 Å². The summed E-state index contributed by atoms with van der Waals surface area (Å²) in [5, 5.41) is 28.1. The van der Waals surface area contributed by atoms with E-state index in [0.717, 1.165) is 11.3 Å². The molecule has 1 unspecified atom stereocenters. The second-order valence-electron chi connectivity index (χ2n) is 8.41. The smallest absolute Gasteiger partial charge is 0.255 e. The van der Waals surface area contributed by atoms with Gasteiger partial charge in [-0.05, 0) is 42.5 Å². The first-order valence-electron chi connectivity index (χ1n) is 9.94. The number of primary amides is 1. The van der Waals surface area contributed by atoms with Crippen LogP contribution in [0.15, 0.2) is 47.1 Å². The zero-order chi connectivity index (χ0) is 21.7. The molecule has 1 aliphatic heterocycles. The lowest BCUT2D eigenvalue weighted by molar-refractivity contribution is -0.123. The van der Waals surface area contributed by atoms with Crippen LogP contribution in [-0.4, -0.2) is 43.5 Å². The van der Waals surface area contributed by atoms with E-state index in [1.807, 2.05) is 0 Å². The van der Waals surface area contributed by atoms with Gasteiger partial charge in [-0.2, -0.15) is 5.10 Å². The molecule has 1 aromatic heterocycles. The molecule has 1 saturated heterocycles. The SMILES string of the molecule is NC(=O)C1=C(O)[C@@]23OC2=C2C(=O)c4c(O)ccc(-c5ccn[nH]5)c4CC2C[C@H]3CC1=O. The predicted octanol–water partition coefficient (Wildman–Crippen LogP) is 1.45. The number of phenols is 1. The normalized spacial score (nSPS) is 28.4. The van der Waals surface area contributed by atoms with Gasteiger partial charge in [-0.25, -0.2) is 0 Å². The average molecular weight is 419 g/mol. The third-order valence-electron chi connectivity index (χ3n) is 6.91. The number of aromatic nitrogens is 2. The molecular weight excluding hydrogens is 402 g/mol. The van der Waals surface area contributed by atoms with Gasteiger partial charge in [0.1, 0.15) is 11.3 Å². The van der Waals surface area contributed by atoms with Gasteiger partial charge in [0.2, 0.25) is 5.60 Å². The number of aromatic hydroxyl groups is 1. The second kappa shape index (κ2) is 5.63. The molecule has 4 aliphatic rings. The number of fused-ring (bicyclic) bond motifs is 2. The maximum atomic E-state index is 13.5. The van der Waals surface area contributed by atoms with Crippen LogP contribution in [0, 0.1) is 11.8 Å². The van der Waals surface area contributed by atoms with Gasteiger partial charge in [0, 0.05) is 29.7 Å². The molecule has 0 radical (unpaired) electrons. The fourth-order valence-electron chi connectivity index (χ4n) is 5.56. The number of hydrogen-bond donors (Lipinski definition) is 4. The number of aliphatic hydroxyl groups is 1. The lowest BCUT2D eigenvalue weighted by Crippen LogP contribution is -2.43. The lowest BCUT2D eigenvalue weighted by Gasteiger charge is -2.36. The Balaban J connectivity index is 1.54. The number of rotatable bonds is 2. The molecule has 1 aromatic carbocycles. The van der Waals surface area contributed by atoms with E-state index in [9.17, 15) is 24.6 Å². The summed E-state index contributed by atoms with van der Waals surface area (Å²) in [6, 6.07) is 5.00. The zero-order valence-corrected chi connectivity index (χ0v) is 16.1. The molecule has 6 rings (SSSR count). The van der Waals surface area contributed by atoms with E-state index < -0.39 is 34.5 Å². The standard InChI is InChI=1S/C22H17N3O6/c23-21(30)17-14(27)7-9-5-8-6-11-10(12-3-4-24-25-12)1-2-13(26)16(11)18(28)15(8)20-22(9,31-20)19(17)29/h1-4,8-9,26,29H,5-7H2,(H2,23,30)(H,24,25)/t8?,9-,22+/m0/s1. The van der Waals surface area contributed by atoms with Crippen molar-refractivity contribution in [2.45, 2.75) is 24.9 Å². The molecular formula is C22H17N3O6. The van der Waals surface area contributed by atoms with Gasteiger partial charge in [0.25, 0.3) is 5.91 Å². The Hall–Kier alpha value is -3.88. The largest absolute Gasteiger partial charge is 0.507 e. The second-order valence-corrected chi connectivity index (χ2v) is 8.41. The summed E-state index contributed by atoms with van der Waals surface area (Å²) < 4.78 is 5.80. The summed E-state index contributed by atoms with van der Waals surface area (Å²) in [6.07, 6.45) is 2.49. The van der Waals surface area contributed by atoms with Crippen molar-refractivity contribution in [1.29, 1.82) is 0 Å². The number of aliphatic hydroxyl groups excluding tert-OH is 1. The van der Waals surface area contributed by atoms with Gasteiger partial charge in [0.15, 0.2) is 23.1 Å². The van der Waals surface area contributed by atoms with Gasteiger partial charge < -0.3 is 20.7 Å². The first kappa shape index (κ1) is 17.9. The molecule has 1 spiro atoms. The first-order valence-corrected chi connectivity index (χ1v) is 9.94. The summed E-state index contributed by atoms with van der Waals surface area (Å²) in [4.78, 5) is 37.7. The first-order chi connectivity index (χ1) is 14.8. The highest BCUT2D eigenvalue weighted by atomic mass is 16.6. The molecule has 1 amide bonds. The van der Waals surface area contributed by atoms with Crippen molar-refractivity contribution in [3.63, 3.8) is 0 Å². The molecule has 31 heavy (non-hydrogen) atoms. The van der Waals surface area contributed by atoms with Crippen molar-refractivity contribution >= 4 is 17.5 Å². The topological polar surface area (TPSA) is 159 Å². The maximum Gasteiger partial charge on any atom is 0.255 e. The van der Waals surface area contributed by atoms with Crippen LogP contribution in [0.25, 0.3) is 11.3 Å². The minimum Gasteiger partial charge on any atom is -0.507 e. The van der Waals surface area contributed by atoms with E-state index in [1.165, 1.54) is 6.07 Å². The molecule has 9 heteroatoms. The minimum absolute atomic E-state index is 0.00407. The number of aromatic amines is 1. The number of H-pyrrole nitrogens is 1.